The number of hydrogen-bond acceptors (Lipinski definition) is 5. The molecule has 0 saturated carbocycles. The van der Waals surface area contributed by atoms with Crippen molar-refractivity contribution in [1.82, 2.24) is 10.2 Å². The number of dihydropyridines is 1. The molecule has 1 aliphatic heterocycles. The molecule has 0 spiro atoms. The Labute approximate surface area is 109 Å². The van der Waals surface area contributed by atoms with Crippen LogP contribution in [0.3, 0.4) is 0 Å². The first-order valence-electron chi connectivity index (χ1n) is 5.27. The van der Waals surface area contributed by atoms with Gasteiger partial charge in [-0.25, -0.2) is 9.59 Å². The molecule has 7 nitrogen and oxygen atoms in total. The predicted octanol–water partition coefficient (Wildman–Crippen LogP) is 0.253. The van der Waals surface area contributed by atoms with E-state index in [2.05, 4.69) is 11.9 Å². The second kappa shape index (κ2) is 4.86. The predicted molar refractivity (Wildman–Crippen MR) is 65.5 cm³/mol. The molecule has 1 unspecified atom stereocenters. The molecule has 0 aliphatic carbocycles. The molecular weight excluding hydrogens is 250 g/mol. The van der Waals surface area contributed by atoms with Crippen molar-refractivity contribution in [1.29, 1.82) is 5.26 Å². The molecule has 19 heavy (non-hydrogen) atoms. The fraction of sp³-hybridized carbons (Fsp3) is 0.250. The van der Waals surface area contributed by atoms with Gasteiger partial charge in [0.05, 0.1) is 0 Å². The molecule has 100 valence electrons. The van der Waals surface area contributed by atoms with E-state index in [1.165, 1.54) is 18.4 Å². The lowest BCUT2D eigenvalue weighted by atomic mass is 9.94. The van der Waals surface area contributed by atoms with Crippen molar-refractivity contribution in [2.75, 3.05) is 0 Å². The van der Waals surface area contributed by atoms with Gasteiger partial charge in [-0.1, -0.05) is 12.7 Å². The van der Waals surface area contributed by atoms with Crippen LogP contribution in [0.25, 0.3) is 0 Å². The van der Waals surface area contributed by atoms with Gasteiger partial charge in [0.1, 0.15) is 6.07 Å². The van der Waals surface area contributed by atoms with E-state index in [1.807, 2.05) is 6.07 Å². The zero-order chi connectivity index (χ0) is 14.7. The third kappa shape index (κ3) is 2.04. The van der Waals surface area contributed by atoms with Gasteiger partial charge in [0.2, 0.25) is 11.2 Å². The molecule has 0 aromatic carbocycles. The summed E-state index contributed by atoms with van der Waals surface area (Å²) in [6.07, 6.45) is 6.90. The van der Waals surface area contributed by atoms with Gasteiger partial charge in [-0.05, 0) is 31.5 Å². The molecule has 0 fully saturated rings. The standard InChI is InChI=1S/C12H13N3O4/c1-3-15(11(2,9(16)17)10(18)19)12(8-13)6-4-5-7-14-12/h3-7,14H,1H2,2H3,(H,16,17)(H,18,19). The van der Waals surface area contributed by atoms with Crippen LogP contribution in [0, 0.1) is 11.3 Å². The van der Waals surface area contributed by atoms with E-state index in [1.54, 1.807) is 6.08 Å². The van der Waals surface area contributed by atoms with E-state index >= 15 is 0 Å². The van der Waals surface area contributed by atoms with Crippen LogP contribution in [0.4, 0.5) is 0 Å². The Hall–Kier alpha value is -2.75. The average Bonchev–Trinajstić information content (AvgIpc) is 2.39. The smallest absolute Gasteiger partial charge is 0.341 e. The quantitative estimate of drug-likeness (QED) is 0.609. The maximum Gasteiger partial charge on any atom is 0.341 e. The van der Waals surface area contributed by atoms with E-state index in [4.69, 9.17) is 0 Å². The van der Waals surface area contributed by atoms with Crippen molar-refractivity contribution in [3.05, 3.63) is 37.2 Å². The summed E-state index contributed by atoms with van der Waals surface area (Å²) in [4.78, 5) is 23.5. The molecule has 1 aliphatic rings. The van der Waals surface area contributed by atoms with E-state index in [9.17, 15) is 25.1 Å². The first-order chi connectivity index (χ1) is 8.85. The highest BCUT2D eigenvalue weighted by Gasteiger charge is 2.53. The summed E-state index contributed by atoms with van der Waals surface area (Å²) in [6.45, 7) is 4.40. The van der Waals surface area contributed by atoms with Crippen molar-refractivity contribution >= 4 is 11.9 Å². The number of nitrogens with one attached hydrogen (secondary N) is 1. The third-order valence-corrected chi connectivity index (χ3v) is 2.90. The number of carboxylic acids is 2. The molecule has 0 bridgehead atoms. The van der Waals surface area contributed by atoms with E-state index in [-0.39, 0.29) is 0 Å². The second-order valence-electron chi connectivity index (χ2n) is 3.98. The van der Waals surface area contributed by atoms with Crippen molar-refractivity contribution < 1.29 is 19.8 Å². The molecule has 1 rings (SSSR count). The Balaban J connectivity index is 3.41. The Morgan fingerprint density at radius 2 is 2.05 bits per heavy atom. The van der Waals surface area contributed by atoms with Crippen molar-refractivity contribution in [3.8, 4) is 6.07 Å². The molecule has 1 atom stereocenters. The molecular formula is C12H13N3O4. The highest BCUT2D eigenvalue weighted by atomic mass is 16.4. The molecule has 0 amide bonds. The molecule has 0 saturated heterocycles. The monoisotopic (exact) mass is 263 g/mol. The van der Waals surface area contributed by atoms with Crippen molar-refractivity contribution in [2.45, 2.75) is 18.1 Å². The van der Waals surface area contributed by atoms with Crippen LogP contribution < -0.4 is 5.32 Å². The van der Waals surface area contributed by atoms with Crippen molar-refractivity contribution in [3.63, 3.8) is 0 Å². The summed E-state index contributed by atoms with van der Waals surface area (Å²) >= 11 is 0. The molecule has 0 aromatic rings. The molecule has 0 aromatic heterocycles. The first kappa shape index (κ1) is 14.3. The maximum atomic E-state index is 11.3. The highest BCUT2D eigenvalue weighted by Crippen LogP contribution is 2.27. The van der Waals surface area contributed by atoms with Gasteiger partial charge in [-0.2, -0.15) is 5.26 Å². The SMILES string of the molecule is C=CN(C1(C#N)C=CC=CN1)C(C)(C(=O)O)C(=O)O. The molecule has 1 heterocycles. The van der Waals surface area contributed by atoms with Crippen LogP contribution in [0.2, 0.25) is 0 Å². The van der Waals surface area contributed by atoms with Gasteiger partial charge in [0.15, 0.2) is 0 Å². The fourth-order valence-electron chi connectivity index (χ4n) is 1.72. The second-order valence-corrected chi connectivity index (χ2v) is 3.98. The maximum absolute atomic E-state index is 11.3. The summed E-state index contributed by atoms with van der Waals surface area (Å²) in [5.41, 5.74) is -3.96. The molecule has 3 N–H and O–H groups in total. The number of nitrogens with zero attached hydrogens (tertiary/aromatic N) is 2. The lowest BCUT2D eigenvalue weighted by Gasteiger charge is -2.43. The minimum Gasteiger partial charge on any atom is -0.479 e. The molecule has 0 radical (unpaired) electrons. The minimum absolute atomic E-state index is 0.852. The van der Waals surface area contributed by atoms with Crippen LogP contribution in [-0.2, 0) is 9.59 Å². The summed E-state index contributed by atoms with van der Waals surface area (Å²) in [7, 11) is 0. The fourth-order valence-corrected chi connectivity index (χ4v) is 1.72. The largest absolute Gasteiger partial charge is 0.479 e. The van der Waals surface area contributed by atoms with Gasteiger partial charge in [0, 0.05) is 0 Å². The number of hydrogen-bond donors (Lipinski definition) is 3. The molecule has 7 heteroatoms. The number of allylic oxidation sites excluding steroid dienone is 2. The zero-order valence-corrected chi connectivity index (χ0v) is 10.2. The first-order valence-corrected chi connectivity index (χ1v) is 5.27. The number of carbonyl (C=O) groups is 2. The number of rotatable bonds is 5. The number of nitriles is 1. The Bertz CT molecular complexity index is 504. The highest BCUT2D eigenvalue weighted by molar-refractivity contribution is 6.03. The lowest BCUT2D eigenvalue weighted by Crippen LogP contribution is -2.67. The van der Waals surface area contributed by atoms with Gasteiger partial charge in [-0.15, -0.1) is 0 Å². The Morgan fingerprint density at radius 1 is 1.47 bits per heavy atom. The van der Waals surface area contributed by atoms with E-state index in [0.717, 1.165) is 18.0 Å². The van der Waals surface area contributed by atoms with Crippen LogP contribution in [-0.4, -0.2) is 38.3 Å². The van der Waals surface area contributed by atoms with Gasteiger partial charge in [0.25, 0.3) is 0 Å². The summed E-state index contributed by atoms with van der Waals surface area (Å²) in [5, 5.41) is 30.3. The summed E-state index contributed by atoms with van der Waals surface area (Å²) < 4.78 is 0. The Kier molecular flexibility index (Phi) is 3.66. The third-order valence-electron chi connectivity index (χ3n) is 2.90. The number of aliphatic carboxylic acids is 2. The lowest BCUT2D eigenvalue weighted by molar-refractivity contribution is -0.166. The van der Waals surface area contributed by atoms with Crippen LogP contribution >= 0.6 is 0 Å². The van der Waals surface area contributed by atoms with Crippen LogP contribution in [0.1, 0.15) is 6.92 Å². The summed E-state index contributed by atoms with van der Waals surface area (Å²) in [6, 6.07) is 1.86. The van der Waals surface area contributed by atoms with E-state index in [0.29, 0.717) is 0 Å². The van der Waals surface area contributed by atoms with Gasteiger partial charge >= 0.3 is 11.9 Å². The zero-order valence-electron chi connectivity index (χ0n) is 10.2. The topological polar surface area (TPSA) is 114 Å². The van der Waals surface area contributed by atoms with E-state index < -0.39 is 23.1 Å². The normalized spacial score (nSPS) is 21.1. The van der Waals surface area contributed by atoms with Gasteiger partial charge in [-0.3, -0.25) is 0 Å². The van der Waals surface area contributed by atoms with Crippen LogP contribution in [0.15, 0.2) is 37.2 Å². The van der Waals surface area contributed by atoms with Crippen LogP contribution in [0.5, 0.6) is 0 Å². The minimum atomic E-state index is -2.33. The number of carboxylic acid groups (broad SMARTS) is 2. The Morgan fingerprint density at radius 3 is 2.37 bits per heavy atom. The van der Waals surface area contributed by atoms with Crippen molar-refractivity contribution in [2.24, 2.45) is 0 Å². The average molecular weight is 263 g/mol. The summed E-state index contributed by atoms with van der Waals surface area (Å²) in [5.74, 6) is -3.20. The van der Waals surface area contributed by atoms with Gasteiger partial charge < -0.3 is 20.4 Å².